The highest BCUT2D eigenvalue weighted by atomic mass is 32.2. The highest BCUT2D eigenvalue weighted by Crippen LogP contribution is 2.27. The summed E-state index contributed by atoms with van der Waals surface area (Å²) in [4.78, 5) is 0. The zero-order valence-corrected chi connectivity index (χ0v) is 14.2. The molecule has 0 fully saturated rings. The third-order valence-corrected chi connectivity index (χ3v) is 4.63. The van der Waals surface area contributed by atoms with E-state index in [0.717, 1.165) is 5.56 Å². The van der Waals surface area contributed by atoms with Crippen LogP contribution in [0.4, 0.5) is 4.39 Å². The Hall–Kier alpha value is -2.91. The highest BCUT2D eigenvalue weighted by Gasteiger charge is 2.16. The summed E-state index contributed by atoms with van der Waals surface area (Å²) in [5.41, 5.74) is 2.12. The van der Waals surface area contributed by atoms with Crippen LogP contribution in [0.5, 0.6) is 0 Å². The van der Waals surface area contributed by atoms with E-state index in [1.165, 1.54) is 17.8 Å². The van der Waals surface area contributed by atoms with Crippen molar-refractivity contribution in [3.05, 3.63) is 78.1 Å². The third-order valence-electron chi connectivity index (χ3n) is 3.59. The zero-order chi connectivity index (χ0) is 17.6. The molecule has 2 aromatic carbocycles. The van der Waals surface area contributed by atoms with E-state index in [1.807, 2.05) is 16.7 Å². The Labute approximate surface area is 149 Å². The van der Waals surface area contributed by atoms with Crippen molar-refractivity contribution < 1.29 is 4.39 Å². The van der Waals surface area contributed by atoms with Crippen molar-refractivity contribution in [3.63, 3.8) is 0 Å². The topological polar surface area (TPSA) is 54.5 Å². The lowest BCUT2D eigenvalue weighted by atomic mass is 10.2. The van der Waals surface area contributed by atoms with E-state index in [-0.39, 0.29) is 5.82 Å². The molecule has 124 valence electrons. The number of hydrogen-bond donors (Lipinski definition) is 0. The van der Waals surface area contributed by atoms with Crippen LogP contribution in [0.15, 0.2) is 66.3 Å². The number of benzene rings is 2. The molecule has 0 saturated carbocycles. The van der Waals surface area contributed by atoms with Gasteiger partial charge in [-0.1, -0.05) is 42.1 Å². The fourth-order valence-electron chi connectivity index (χ4n) is 2.35. The number of aromatic nitrogens is 3. The number of allylic oxidation sites excluding steroid dienone is 1. The number of nitriles is 1. The largest absolute Gasteiger partial charge is 0.298 e. The van der Waals surface area contributed by atoms with E-state index in [9.17, 15) is 4.39 Å². The van der Waals surface area contributed by atoms with Crippen molar-refractivity contribution in [2.24, 2.45) is 0 Å². The van der Waals surface area contributed by atoms with Crippen LogP contribution in [0.1, 0.15) is 11.1 Å². The van der Waals surface area contributed by atoms with Gasteiger partial charge >= 0.3 is 0 Å². The SMILES string of the molecule is C=CCn1c(SCc2ccc(C#N)cc2)nnc1-c1ccccc1F. The van der Waals surface area contributed by atoms with Crippen LogP contribution < -0.4 is 0 Å². The Morgan fingerprint density at radius 1 is 1.16 bits per heavy atom. The van der Waals surface area contributed by atoms with Crippen LogP contribution in [0.25, 0.3) is 11.4 Å². The van der Waals surface area contributed by atoms with Crippen LogP contribution in [-0.4, -0.2) is 14.8 Å². The normalized spacial score (nSPS) is 10.4. The number of thioether (sulfide) groups is 1. The Kier molecular flexibility index (Phi) is 5.26. The molecule has 0 unspecified atom stereocenters. The lowest BCUT2D eigenvalue weighted by Crippen LogP contribution is -2.01. The van der Waals surface area contributed by atoms with Crippen molar-refractivity contribution in [1.82, 2.24) is 14.8 Å². The minimum atomic E-state index is -0.330. The summed E-state index contributed by atoms with van der Waals surface area (Å²) in [7, 11) is 0. The minimum absolute atomic E-state index is 0.330. The molecule has 3 aromatic rings. The standard InChI is InChI=1S/C19H15FN4S/c1-2-11-24-18(16-5-3-4-6-17(16)20)22-23-19(24)25-13-15-9-7-14(12-21)8-10-15/h2-10H,1,11,13H2. The molecule has 0 aliphatic carbocycles. The van der Waals surface area contributed by atoms with E-state index in [1.54, 1.807) is 36.4 Å². The average Bonchev–Trinajstić information content (AvgIpc) is 3.04. The monoisotopic (exact) mass is 350 g/mol. The van der Waals surface area contributed by atoms with Gasteiger partial charge in [0.05, 0.1) is 17.2 Å². The summed E-state index contributed by atoms with van der Waals surface area (Å²) in [6, 6.07) is 16.0. The summed E-state index contributed by atoms with van der Waals surface area (Å²) < 4.78 is 15.9. The molecule has 0 N–H and O–H groups in total. The van der Waals surface area contributed by atoms with E-state index < -0.39 is 0 Å². The molecule has 1 aromatic heterocycles. The van der Waals surface area contributed by atoms with Gasteiger partial charge < -0.3 is 0 Å². The van der Waals surface area contributed by atoms with Crippen LogP contribution in [0.3, 0.4) is 0 Å². The van der Waals surface area contributed by atoms with Crippen LogP contribution >= 0.6 is 11.8 Å². The molecule has 25 heavy (non-hydrogen) atoms. The van der Waals surface area contributed by atoms with Gasteiger partial charge in [0.15, 0.2) is 11.0 Å². The maximum Gasteiger partial charge on any atom is 0.192 e. The van der Waals surface area contributed by atoms with E-state index in [0.29, 0.717) is 34.4 Å². The van der Waals surface area contributed by atoms with Crippen molar-refractivity contribution in [3.8, 4) is 17.5 Å². The first-order chi connectivity index (χ1) is 12.2. The van der Waals surface area contributed by atoms with Crippen LogP contribution in [0.2, 0.25) is 0 Å². The first-order valence-corrected chi connectivity index (χ1v) is 8.62. The first kappa shape index (κ1) is 16.9. The summed E-state index contributed by atoms with van der Waals surface area (Å²) >= 11 is 1.51. The molecule has 0 atom stereocenters. The van der Waals surface area contributed by atoms with Crippen LogP contribution in [0, 0.1) is 17.1 Å². The van der Waals surface area contributed by atoms with Crippen molar-refractivity contribution in [2.75, 3.05) is 0 Å². The van der Waals surface area contributed by atoms with Gasteiger partial charge in [0.25, 0.3) is 0 Å². The van der Waals surface area contributed by atoms with E-state index in [4.69, 9.17) is 5.26 Å². The van der Waals surface area contributed by atoms with Crippen molar-refractivity contribution in [1.29, 1.82) is 5.26 Å². The average molecular weight is 350 g/mol. The Morgan fingerprint density at radius 2 is 1.92 bits per heavy atom. The molecule has 3 rings (SSSR count). The van der Waals surface area contributed by atoms with Gasteiger partial charge in [0, 0.05) is 12.3 Å². The van der Waals surface area contributed by atoms with Gasteiger partial charge in [-0.05, 0) is 29.8 Å². The maximum atomic E-state index is 14.1. The molecule has 0 radical (unpaired) electrons. The molecule has 4 nitrogen and oxygen atoms in total. The second-order valence-corrected chi connectivity index (χ2v) is 6.23. The predicted octanol–water partition coefficient (Wildman–Crippen LogP) is 4.43. The van der Waals surface area contributed by atoms with Gasteiger partial charge in [-0.3, -0.25) is 4.57 Å². The molecule has 0 spiro atoms. The van der Waals surface area contributed by atoms with Gasteiger partial charge in [-0.25, -0.2) is 4.39 Å². The molecule has 0 saturated heterocycles. The van der Waals surface area contributed by atoms with E-state index in [2.05, 4.69) is 22.8 Å². The lowest BCUT2D eigenvalue weighted by molar-refractivity contribution is 0.626. The zero-order valence-electron chi connectivity index (χ0n) is 13.4. The molecular weight excluding hydrogens is 335 g/mol. The number of rotatable bonds is 6. The molecule has 6 heteroatoms. The summed E-state index contributed by atoms with van der Waals surface area (Å²) in [6.45, 7) is 4.25. The Bertz CT molecular complexity index is 925. The molecular formula is C19H15FN4S. The minimum Gasteiger partial charge on any atom is -0.298 e. The third kappa shape index (κ3) is 3.78. The molecule has 0 bridgehead atoms. The number of halogens is 1. The predicted molar refractivity (Wildman–Crippen MR) is 96.3 cm³/mol. The van der Waals surface area contributed by atoms with Gasteiger partial charge in [0.1, 0.15) is 5.82 Å². The Balaban J connectivity index is 1.85. The summed E-state index contributed by atoms with van der Waals surface area (Å²) in [5, 5.41) is 17.9. The molecule has 1 heterocycles. The lowest BCUT2D eigenvalue weighted by Gasteiger charge is -2.08. The second-order valence-electron chi connectivity index (χ2n) is 5.28. The molecule has 0 aliphatic rings. The first-order valence-electron chi connectivity index (χ1n) is 7.63. The maximum absolute atomic E-state index is 14.1. The second kappa shape index (κ2) is 7.77. The van der Waals surface area contributed by atoms with Crippen molar-refractivity contribution >= 4 is 11.8 Å². The molecule has 0 aliphatic heterocycles. The fraction of sp³-hybridized carbons (Fsp3) is 0.105. The van der Waals surface area contributed by atoms with Gasteiger partial charge in [-0.15, -0.1) is 16.8 Å². The fourth-order valence-corrected chi connectivity index (χ4v) is 3.26. The van der Waals surface area contributed by atoms with E-state index >= 15 is 0 Å². The van der Waals surface area contributed by atoms with Crippen LogP contribution in [-0.2, 0) is 12.3 Å². The highest BCUT2D eigenvalue weighted by molar-refractivity contribution is 7.98. The summed E-state index contributed by atoms with van der Waals surface area (Å²) in [6.07, 6.45) is 1.74. The Morgan fingerprint density at radius 3 is 2.60 bits per heavy atom. The summed E-state index contributed by atoms with van der Waals surface area (Å²) in [5.74, 6) is 0.835. The van der Waals surface area contributed by atoms with Crippen molar-refractivity contribution in [2.45, 2.75) is 17.5 Å². The number of nitrogens with zero attached hydrogens (tertiary/aromatic N) is 4. The number of hydrogen-bond acceptors (Lipinski definition) is 4. The van der Waals surface area contributed by atoms with Gasteiger partial charge in [-0.2, -0.15) is 5.26 Å². The molecule has 0 amide bonds. The smallest absolute Gasteiger partial charge is 0.192 e. The quantitative estimate of drug-likeness (QED) is 0.487. The van der Waals surface area contributed by atoms with Gasteiger partial charge in [0.2, 0.25) is 0 Å².